The summed E-state index contributed by atoms with van der Waals surface area (Å²) in [7, 11) is -1.86. The lowest BCUT2D eigenvalue weighted by molar-refractivity contribution is 0.203. The van der Waals surface area contributed by atoms with Gasteiger partial charge < -0.3 is 9.47 Å². The van der Waals surface area contributed by atoms with Gasteiger partial charge in [0, 0.05) is 18.7 Å². The molecule has 0 amide bonds. The minimum absolute atomic E-state index is 0.00371. The molecule has 0 N–H and O–H groups in total. The molecule has 1 aromatic carbocycles. The van der Waals surface area contributed by atoms with Crippen molar-refractivity contribution in [2.75, 3.05) is 20.2 Å². The SMILES string of the molecule is COc1ccc(OC2CCN(S(=O)(=O)Cc3cccc(C)c3)C2)nn1. The van der Waals surface area contributed by atoms with Gasteiger partial charge in [-0.05, 0) is 18.9 Å². The number of sulfonamides is 1. The van der Waals surface area contributed by atoms with Crippen molar-refractivity contribution in [3.05, 3.63) is 47.5 Å². The van der Waals surface area contributed by atoms with E-state index < -0.39 is 10.0 Å². The molecule has 7 nitrogen and oxygen atoms in total. The van der Waals surface area contributed by atoms with E-state index in [2.05, 4.69) is 10.2 Å². The molecule has 2 aromatic rings. The Morgan fingerprint density at radius 2 is 1.96 bits per heavy atom. The topological polar surface area (TPSA) is 81.6 Å². The highest BCUT2D eigenvalue weighted by molar-refractivity contribution is 7.88. The summed E-state index contributed by atoms with van der Waals surface area (Å²) in [5, 5.41) is 7.75. The molecule has 25 heavy (non-hydrogen) atoms. The molecule has 3 rings (SSSR count). The fourth-order valence-electron chi connectivity index (χ4n) is 2.80. The molecule has 134 valence electrons. The molecule has 8 heteroatoms. The Kier molecular flexibility index (Phi) is 5.19. The van der Waals surface area contributed by atoms with Crippen LogP contribution in [0, 0.1) is 6.92 Å². The monoisotopic (exact) mass is 363 g/mol. The van der Waals surface area contributed by atoms with E-state index in [4.69, 9.17) is 9.47 Å². The van der Waals surface area contributed by atoms with Gasteiger partial charge in [-0.15, -0.1) is 10.2 Å². The van der Waals surface area contributed by atoms with Crippen molar-refractivity contribution in [3.8, 4) is 11.8 Å². The van der Waals surface area contributed by atoms with E-state index in [1.54, 1.807) is 12.1 Å². The zero-order valence-electron chi connectivity index (χ0n) is 14.3. The maximum absolute atomic E-state index is 12.6. The quantitative estimate of drug-likeness (QED) is 0.778. The van der Waals surface area contributed by atoms with Gasteiger partial charge in [0.15, 0.2) is 0 Å². The Morgan fingerprint density at radius 1 is 1.20 bits per heavy atom. The molecule has 0 bridgehead atoms. The third kappa shape index (κ3) is 4.46. The predicted octanol–water partition coefficient (Wildman–Crippen LogP) is 1.78. The predicted molar refractivity (Wildman–Crippen MR) is 93.0 cm³/mol. The molecular formula is C17H21N3O4S. The van der Waals surface area contributed by atoms with Crippen LogP contribution in [0.15, 0.2) is 36.4 Å². The first kappa shape index (κ1) is 17.6. The van der Waals surface area contributed by atoms with Crippen LogP contribution in [0.3, 0.4) is 0 Å². The van der Waals surface area contributed by atoms with E-state index >= 15 is 0 Å². The van der Waals surface area contributed by atoms with Crippen LogP contribution in [0.2, 0.25) is 0 Å². The first-order chi connectivity index (χ1) is 12.0. The summed E-state index contributed by atoms with van der Waals surface area (Å²) in [5.74, 6) is 0.772. The summed E-state index contributed by atoms with van der Waals surface area (Å²) in [4.78, 5) is 0. The minimum Gasteiger partial charge on any atom is -0.480 e. The van der Waals surface area contributed by atoms with Crippen molar-refractivity contribution in [3.63, 3.8) is 0 Å². The van der Waals surface area contributed by atoms with Gasteiger partial charge in [-0.1, -0.05) is 29.8 Å². The number of aromatic nitrogens is 2. The Labute approximate surface area is 147 Å². The highest BCUT2D eigenvalue weighted by atomic mass is 32.2. The molecule has 1 aromatic heterocycles. The van der Waals surface area contributed by atoms with Crippen molar-refractivity contribution >= 4 is 10.0 Å². The Bertz CT molecular complexity index is 824. The standard InChI is InChI=1S/C17H21N3O4S/c1-13-4-3-5-14(10-13)12-25(21,22)20-9-8-15(11-20)24-17-7-6-16(23-2)18-19-17/h3-7,10,15H,8-9,11-12H2,1-2H3. The molecule has 1 fully saturated rings. The second kappa shape index (κ2) is 7.37. The third-order valence-electron chi connectivity index (χ3n) is 4.04. The first-order valence-corrected chi connectivity index (χ1v) is 9.65. The number of benzene rings is 1. The highest BCUT2D eigenvalue weighted by Gasteiger charge is 2.32. The zero-order valence-corrected chi connectivity index (χ0v) is 15.1. The van der Waals surface area contributed by atoms with E-state index in [1.165, 1.54) is 11.4 Å². The lowest BCUT2D eigenvalue weighted by atomic mass is 10.2. The second-order valence-corrected chi connectivity index (χ2v) is 8.01. The number of rotatable bonds is 6. The van der Waals surface area contributed by atoms with Crippen molar-refractivity contribution in [2.24, 2.45) is 0 Å². The van der Waals surface area contributed by atoms with Crippen LogP contribution in [0.5, 0.6) is 11.8 Å². The number of aryl methyl sites for hydroxylation is 1. The summed E-state index contributed by atoms with van der Waals surface area (Å²) in [5.41, 5.74) is 1.85. The summed E-state index contributed by atoms with van der Waals surface area (Å²) >= 11 is 0. The lowest BCUT2D eigenvalue weighted by Gasteiger charge is -2.17. The van der Waals surface area contributed by atoms with Crippen LogP contribution < -0.4 is 9.47 Å². The summed E-state index contributed by atoms with van der Waals surface area (Å²) in [6.07, 6.45) is 0.399. The number of nitrogens with zero attached hydrogens (tertiary/aromatic N) is 3. The molecule has 0 spiro atoms. The maximum Gasteiger partial charge on any atom is 0.233 e. The molecule has 1 aliphatic heterocycles. The molecule has 0 radical (unpaired) electrons. The molecule has 0 saturated carbocycles. The molecule has 2 heterocycles. The fraction of sp³-hybridized carbons (Fsp3) is 0.412. The second-order valence-electron chi connectivity index (χ2n) is 6.05. The molecule has 1 saturated heterocycles. The normalized spacial score (nSPS) is 18.2. The summed E-state index contributed by atoms with van der Waals surface area (Å²) < 4.78 is 37.4. The van der Waals surface area contributed by atoms with E-state index in [0.29, 0.717) is 31.3 Å². The first-order valence-electron chi connectivity index (χ1n) is 8.04. The molecule has 0 aliphatic carbocycles. The van der Waals surface area contributed by atoms with Gasteiger partial charge >= 0.3 is 0 Å². The Hall–Kier alpha value is -2.19. The molecule has 1 aliphatic rings. The van der Waals surface area contributed by atoms with E-state index in [9.17, 15) is 8.42 Å². The fourth-order valence-corrected chi connectivity index (χ4v) is 4.36. The van der Waals surface area contributed by atoms with Crippen LogP contribution in [-0.2, 0) is 15.8 Å². The smallest absolute Gasteiger partial charge is 0.233 e. The Morgan fingerprint density at radius 3 is 2.64 bits per heavy atom. The van der Waals surface area contributed by atoms with Gasteiger partial charge in [0.05, 0.1) is 19.4 Å². The van der Waals surface area contributed by atoms with Crippen LogP contribution in [0.1, 0.15) is 17.5 Å². The zero-order chi connectivity index (χ0) is 17.9. The van der Waals surface area contributed by atoms with Crippen LogP contribution >= 0.6 is 0 Å². The van der Waals surface area contributed by atoms with Crippen molar-refractivity contribution in [1.29, 1.82) is 0 Å². The van der Waals surface area contributed by atoms with Crippen molar-refractivity contribution in [2.45, 2.75) is 25.2 Å². The lowest BCUT2D eigenvalue weighted by Crippen LogP contribution is -2.32. The average molecular weight is 363 g/mol. The average Bonchev–Trinajstić information content (AvgIpc) is 3.05. The largest absolute Gasteiger partial charge is 0.480 e. The van der Waals surface area contributed by atoms with Gasteiger partial charge in [0.2, 0.25) is 21.8 Å². The van der Waals surface area contributed by atoms with Crippen molar-refractivity contribution < 1.29 is 17.9 Å². The van der Waals surface area contributed by atoms with E-state index in [1.807, 2.05) is 31.2 Å². The molecular weight excluding hydrogens is 342 g/mol. The van der Waals surface area contributed by atoms with Crippen LogP contribution in [0.25, 0.3) is 0 Å². The number of ether oxygens (including phenoxy) is 2. The van der Waals surface area contributed by atoms with Gasteiger partial charge in [-0.25, -0.2) is 8.42 Å². The number of hydrogen-bond acceptors (Lipinski definition) is 6. The van der Waals surface area contributed by atoms with Crippen LogP contribution in [0.4, 0.5) is 0 Å². The summed E-state index contributed by atoms with van der Waals surface area (Å²) in [6, 6.07) is 10.9. The number of methoxy groups -OCH3 is 1. The third-order valence-corrected chi connectivity index (χ3v) is 5.86. The Balaban J connectivity index is 1.61. The van der Waals surface area contributed by atoms with E-state index in [-0.39, 0.29) is 11.9 Å². The number of hydrogen-bond donors (Lipinski definition) is 0. The molecule has 1 atom stereocenters. The van der Waals surface area contributed by atoms with Gasteiger partial charge in [0.25, 0.3) is 0 Å². The van der Waals surface area contributed by atoms with Crippen LogP contribution in [-0.4, -0.2) is 49.2 Å². The van der Waals surface area contributed by atoms with Gasteiger partial charge in [-0.2, -0.15) is 4.31 Å². The molecule has 1 unspecified atom stereocenters. The van der Waals surface area contributed by atoms with E-state index in [0.717, 1.165) is 11.1 Å². The highest BCUT2D eigenvalue weighted by Crippen LogP contribution is 2.21. The van der Waals surface area contributed by atoms with Crippen molar-refractivity contribution in [1.82, 2.24) is 14.5 Å². The minimum atomic E-state index is -3.37. The van der Waals surface area contributed by atoms with Gasteiger partial charge in [-0.3, -0.25) is 0 Å². The van der Waals surface area contributed by atoms with Gasteiger partial charge in [0.1, 0.15) is 6.10 Å². The maximum atomic E-state index is 12.6. The summed E-state index contributed by atoms with van der Waals surface area (Å²) in [6.45, 7) is 2.72.